The molecule has 1 aliphatic carbocycles. The van der Waals surface area contributed by atoms with E-state index >= 15 is 0 Å². The average Bonchev–Trinajstić information content (AvgIpc) is 3.12. The van der Waals surface area contributed by atoms with Gasteiger partial charge in [0.1, 0.15) is 5.60 Å². The zero-order chi connectivity index (χ0) is 12.5. The number of hydrogen-bond acceptors (Lipinski definition) is 2. The van der Waals surface area contributed by atoms with Gasteiger partial charge in [-0.05, 0) is 42.2 Å². The molecule has 0 saturated heterocycles. The van der Waals surface area contributed by atoms with Gasteiger partial charge in [0.25, 0.3) is 0 Å². The molecule has 1 atom stereocenters. The van der Waals surface area contributed by atoms with Crippen molar-refractivity contribution in [3.05, 3.63) is 35.4 Å². The molecule has 2 heteroatoms. The van der Waals surface area contributed by atoms with Crippen LogP contribution in [0, 0.1) is 11.8 Å². The molecule has 3 N–H and O–H groups in total. The highest BCUT2D eigenvalue weighted by Gasteiger charge is 2.43. The summed E-state index contributed by atoms with van der Waals surface area (Å²) in [5.41, 5.74) is 7.27. The lowest BCUT2D eigenvalue weighted by Crippen LogP contribution is -2.37. The maximum atomic E-state index is 10.6. The second kappa shape index (κ2) is 4.79. The Morgan fingerprint density at radius 2 is 1.88 bits per heavy atom. The molecule has 1 unspecified atom stereocenters. The molecular weight excluding hydrogens is 210 g/mol. The molecular formula is C15H23NO. The minimum absolute atomic E-state index is 0.321. The molecule has 0 aliphatic heterocycles. The average molecular weight is 233 g/mol. The quantitative estimate of drug-likeness (QED) is 0.820. The summed E-state index contributed by atoms with van der Waals surface area (Å²) in [6, 6.07) is 8.34. The lowest BCUT2D eigenvalue weighted by molar-refractivity contribution is 0.0222. The largest absolute Gasteiger partial charge is 0.384 e. The van der Waals surface area contributed by atoms with E-state index in [4.69, 9.17) is 5.73 Å². The van der Waals surface area contributed by atoms with Gasteiger partial charge in [0.2, 0.25) is 0 Å². The van der Waals surface area contributed by atoms with Gasteiger partial charge < -0.3 is 10.8 Å². The van der Waals surface area contributed by atoms with Crippen molar-refractivity contribution in [2.75, 3.05) is 6.54 Å². The summed E-state index contributed by atoms with van der Waals surface area (Å²) in [5, 5.41) is 10.6. The van der Waals surface area contributed by atoms with Gasteiger partial charge in [0, 0.05) is 6.54 Å². The summed E-state index contributed by atoms with van der Waals surface area (Å²) in [7, 11) is 0. The fraction of sp³-hybridized carbons (Fsp3) is 0.600. The summed E-state index contributed by atoms with van der Waals surface area (Å²) < 4.78 is 0. The number of nitrogens with two attached hydrogens (primary N) is 1. The van der Waals surface area contributed by atoms with Crippen molar-refractivity contribution in [3.63, 3.8) is 0 Å². The van der Waals surface area contributed by atoms with Gasteiger partial charge in [-0.25, -0.2) is 0 Å². The van der Waals surface area contributed by atoms with E-state index in [1.54, 1.807) is 0 Å². The molecule has 1 aliphatic rings. The second-order valence-electron chi connectivity index (χ2n) is 5.70. The van der Waals surface area contributed by atoms with Gasteiger partial charge >= 0.3 is 0 Å². The molecule has 1 saturated carbocycles. The third-order valence-electron chi connectivity index (χ3n) is 3.66. The predicted octanol–water partition coefficient (Wildman–Crippen LogP) is 2.44. The second-order valence-corrected chi connectivity index (χ2v) is 5.70. The fourth-order valence-electron chi connectivity index (χ4n) is 2.48. The molecule has 0 amide bonds. The maximum Gasteiger partial charge on any atom is 0.105 e. The molecule has 0 spiro atoms. The summed E-state index contributed by atoms with van der Waals surface area (Å²) >= 11 is 0. The summed E-state index contributed by atoms with van der Waals surface area (Å²) in [6.07, 6.45) is 3.29. The molecule has 0 radical (unpaired) electrons. The van der Waals surface area contributed by atoms with E-state index in [1.165, 1.54) is 5.56 Å². The molecule has 1 aromatic carbocycles. The van der Waals surface area contributed by atoms with Gasteiger partial charge in [-0.1, -0.05) is 38.1 Å². The van der Waals surface area contributed by atoms with Gasteiger partial charge in [0.15, 0.2) is 0 Å². The Hall–Kier alpha value is -0.860. The third-order valence-corrected chi connectivity index (χ3v) is 3.66. The van der Waals surface area contributed by atoms with Crippen molar-refractivity contribution in [1.82, 2.24) is 0 Å². The van der Waals surface area contributed by atoms with Gasteiger partial charge in [-0.2, -0.15) is 0 Å². The Bertz CT molecular complexity index is 367. The van der Waals surface area contributed by atoms with Crippen LogP contribution in [0.25, 0.3) is 0 Å². The highest BCUT2D eigenvalue weighted by molar-refractivity contribution is 5.29. The van der Waals surface area contributed by atoms with Crippen LogP contribution in [0.1, 0.15) is 37.8 Å². The van der Waals surface area contributed by atoms with Crippen LogP contribution in [0.3, 0.4) is 0 Å². The number of hydrogen-bond donors (Lipinski definition) is 2. The van der Waals surface area contributed by atoms with Crippen molar-refractivity contribution in [2.45, 2.75) is 38.7 Å². The summed E-state index contributed by atoms with van der Waals surface area (Å²) in [6.45, 7) is 4.75. The third kappa shape index (κ3) is 2.70. The summed E-state index contributed by atoms with van der Waals surface area (Å²) in [4.78, 5) is 0. The Labute approximate surface area is 104 Å². The zero-order valence-corrected chi connectivity index (χ0v) is 10.8. The molecule has 0 heterocycles. The Morgan fingerprint density at radius 3 is 2.29 bits per heavy atom. The van der Waals surface area contributed by atoms with E-state index in [0.29, 0.717) is 18.4 Å². The van der Waals surface area contributed by atoms with Crippen LogP contribution >= 0.6 is 0 Å². The van der Waals surface area contributed by atoms with Crippen LogP contribution < -0.4 is 5.73 Å². The lowest BCUT2D eigenvalue weighted by Gasteiger charge is -2.27. The van der Waals surface area contributed by atoms with Crippen molar-refractivity contribution < 1.29 is 5.11 Å². The Kier molecular flexibility index (Phi) is 3.55. The molecule has 94 valence electrons. The predicted molar refractivity (Wildman–Crippen MR) is 70.7 cm³/mol. The molecule has 1 aromatic rings. The molecule has 0 bridgehead atoms. The smallest absolute Gasteiger partial charge is 0.105 e. The van der Waals surface area contributed by atoms with E-state index in [2.05, 4.69) is 26.0 Å². The minimum atomic E-state index is -0.795. The van der Waals surface area contributed by atoms with Crippen molar-refractivity contribution in [1.29, 1.82) is 0 Å². The van der Waals surface area contributed by atoms with Gasteiger partial charge in [0.05, 0.1) is 0 Å². The Balaban J connectivity index is 2.16. The fourth-order valence-corrected chi connectivity index (χ4v) is 2.48. The van der Waals surface area contributed by atoms with Crippen molar-refractivity contribution in [2.24, 2.45) is 17.6 Å². The van der Waals surface area contributed by atoms with Gasteiger partial charge in [-0.3, -0.25) is 0 Å². The first-order valence-corrected chi connectivity index (χ1v) is 6.58. The topological polar surface area (TPSA) is 46.2 Å². The van der Waals surface area contributed by atoms with Crippen LogP contribution in [0.2, 0.25) is 0 Å². The first kappa shape index (κ1) is 12.6. The Morgan fingerprint density at radius 1 is 1.29 bits per heavy atom. The maximum absolute atomic E-state index is 10.6. The van der Waals surface area contributed by atoms with E-state index < -0.39 is 5.60 Å². The van der Waals surface area contributed by atoms with Crippen LogP contribution in [0.4, 0.5) is 0 Å². The number of rotatable bonds is 5. The highest BCUT2D eigenvalue weighted by atomic mass is 16.3. The van der Waals surface area contributed by atoms with Crippen LogP contribution in [0.15, 0.2) is 24.3 Å². The summed E-state index contributed by atoms with van der Waals surface area (Å²) in [5.74, 6) is 1.03. The molecule has 1 fully saturated rings. The van der Waals surface area contributed by atoms with Crippen molar-refractivity contribution >= 4 is 0 Å². The standard InChI is InChI=1S/C15H23NO/c1-11(2)9-12-3-5-13(6-4-12)15(17,10-16)14-7-8-14/h3-6,11,14,17H,7-10,16H2,1-2H3. The van der Waals surface area contributed by atoms with E-state index in [-0.39, 0.29) is 0 Å². The van der Waals surface area contributed by atoms with Crippen LogP contribution in [-0.4, -0.2) is 11.7 Å². The SMILES string of the molecule is CC(C)Cc1ccc(C(O)(CN)C2CC2)cc1. The van der Waals surface area contributed by atoms with E-state index in [9.17, 15) is 5.11 Å². The minimum Gasteiger partial charge on any atom is -0.384 e. The van der Waals surface area contributed by atoms with E-state index in [0.717, 1.165) is 24.8 Å². The van der Waals surface area contributed by atoms with Crippen molar-refractivity contribution in [3.8, 4) is 0 Å². The number of aliphatic hydroxyl groups is 1. The molecule has 2 nitrogen and oxygen atoms in total. The number of benzene rings is 1. The van der Waals surface area contributed by atoms with E-state index in [1.807, 2.05) is 12.1 Å². The van der Waals surface area contributed by atoms with Crippen LogP contribution in [-0.2, 0) is 12.0 Å². The zero-order valence-electron chi connectivity index (χ0n) is 10.8. The molecule has 0 aromatic heterocycles. The molecule has 17 heavy (non-hydrogen) atoms. The highest BCUT2D eigenvalue weighted by Crippen LogP contribution is 2.45. The molecule has 2 rings (SSSR count). The lowest BCUT2D eigenvalue weighted by atomic mass is 9.88. The normalized spacial score (nSPS) is 19.4. The van der Waals surface area contributed by atoms with Gasteiger partial charge in [-0.15, -0.1) is 0 Å². The monoisotopic (exact) mass is 233 g/mol. The first-order valence-electron chi connectivity index (χ1n) is 6.58. The first-order chi connectivity index (χ1) is 8.06. The van der Waals surface area contributed by atoms with Crippen LogP contribution in [0.5, 0.6) is 0 Å².